The molecule has 0 fully saturated rings. The van der Waals surface area contributed by atoms with E-state index in [0.717, 1.165) is 11.0 Å². The highest BCUT2D eigenvalue weighted by Gasteiger charge is 2.28. The first-order chi connectivity index (χ1) is 8.30. The molecular formula is C14H22N4. The van der Waals surface area contributed by atoms with Gasteiger partial charge >= 0.3 is 0 Å². The van der Waals surface area contributed by atoms with E-state index in [0.29, 0.717) is 0 Å². The summed E-state index contributed by atoms with van der Waals surface area (Å²) in [6, 6.07) is 6.56. The zero-order chi connectivity index (χ0) is 13.5. The highest BCUT2D eigenvalue weighted by molar-refractivity contribution is 5.76. The second kappa shape index (κ2) is 4.37. The molecule has 1 aromatic carbocycles. The molecule has 2 N–H and O–H groups in total. The van der Waals surface area contributed by atoms with Crippen LogP contribution in [0.5, 0.6) is 0 Å². The van der Waals surface area contributed by atoms with E-state index < -0.39 is 0 Å². The van der Waals surface area contributed by atoms with Gasteiger partial charge in [-0.3, -0.25) is 0 Å². The number of likely N-dealkylation sites (N-methyl/N-ethyl adjacent to an activating group) is 1. The summed E-state index contributed by atoms with van der Waals surface area (Å²) in [5.41, 5.74) is 9.37. The molecular weight excluding hydrogens is 224 g/mol. The van der Waals surface area contributed by atoms with Crippen molar-refractivity contribution >= 4 is 11.0 Å². The molecule has 0 saturated heterocycles. The van der Waals surface area contributed by atoms with Crippen LogP contribution in [0, 0.1) is 0 Å². The molecule has 1 unspecified atom stereocenters. The van der Waals surface area contributed by atoms with Crippen LogP contribution in [0.1, 0.15) is 25.5 Å². The normalized spacial score (nSPS) is 14.4. The Morgan fingerprint density at radius 3 is 2.56 bits per heavy atom. The lowest BCUT2D eigenvalue weighted by molar-refractivity contribution is 0.205. The van der Waals surface area contributed by atoms with Gasteiger partial charge in [-0.2, -0.15) is 0 Å². The summed E-state index contributed by atoms with van der Waals surface area (Å²) in [5, 5.41) is 0. The van der Waals surface area contributed by atoms with Crippen LogP contribution in [0.4, 0.5) is 0 Å². The molecule has 0 saturated carbocycles. The van der Waals surface area contributed by atoms with Gasteiger partial charge in [0.25, 0.3) is 0 Å². The molecule has 4 nitrogen and oxygen atoms in total. The number of nitrogens with two attached hydrogens (primary N) is 1. The number of aryl methyl sites for hydroxylation is 1. The van der Waals surface area contributed by atoms with E-state index >= 15 is 0 Å². The van der Waals surface area contributed by atoms with Gasteiger partial charge < -0.3 is 15.2 Å². The minimum atomic E-state index is -0.300. The minimum Gasteiger partial charge on any atom is -0.334 e. The highest BCUT2D eigenvalue weighted by Crippen LogP contribution is 2.29. The van der Waals surface area contributed by atoms with Gasteiger partial charge in [-0.1, -0.05) is 6.07 Å². The van der Waals surface area contributed by atoms with Crippen molar-refractivity contribution in [3.63, 3.8) is 0 Å². The van der Waals surface area contributed by atoms with Crippen LogP contribution in [0.3, 0.4) is 0 Å². The quantitative estimate of drug-likeness (QED) is 0.900. The van der Waals surface area contributed by atoms with E-state index in [-0.39, 0.29) is 11.6 Å². The first-order valence-corrected chi connectivity index (χ1v) is 6.17. The Morgan fingerprint density at radius 2 is 2.00 bits per heavy atom. The van der Waals surface area contributed by atoms with E-state index in [1.165, 1.54) is 5.56 Å². The zero-order valence-corrected chi connectivity index (χ0v) is 11.8. The molecule has 0 aliphatic rings. The predicted molar refractivity (Wildman–Crippen MR) is 75.4 cm³/mol. The van der Waals surface area contributed by atoms with E-state index in [9.17, 15) is 0 Å². The fourth-order valence-electron chi connectivity index (χ4n) is 2.72. The van der Waals surface area contributed by atoms with Crippen molar-refractivity contribution < 1.29 is 0 Å². The molecule has 0 aliphatic carbocycles. The standard InChI is InChI=1S/C14H22N4/c1-14(2,15)13(17(3)4)10-6-7-12-11(8-10)16-9-18(12)5/h6-9,13H,15H2,1-5H3. The molecule has 0 aliphatic heterocycles. The average molecular weight is 246 g/mol. The number of hydrogen-bond acceptors (Lipinski definition) is 3. The molecule has 2 aromatic rings. The van der Waals surface area contributed by atoms with Crippen molar-refractivity contribution in [3.8, 4) is 0 Å². The van der Waals surface area contributed by atoms with Crippen LogP contribution < -0.4 is 5.73 Å². The van der Waals surface area contributed by atoms with Gasteiger partial charge in [0.1, 0.15) is 0 Å². The molecule has 1 heterocycles. The Balaban J connectivity index is 2.51. The number of benzene rings is 1. The van der Waals surface area contributed by atoms with Crippen molar-refractivity contribution in [2.75, 3.05) is 14.1 Å². The van der Waals surface area contributed by atoms with Gasteiger partial charge in [-0.15, -0.1) is 0 Å². The molecule has 0 spiro atoms. The number of aromatic nitrogens is 2. The Hall–Kier alpha value is -1.39. The third-order valence-corrected chi connectivity index (χ3v) is 3.29. The van der Waals surface area contributed by atoms with Gasteiger partial charge in [-0.05, 0) is 45.6 Å². The molecule has 0 radical (unpaired) electrons. The minimum absolute atomic E-state index is 0.170. The van der Waals surface area contributed by atoms with E-state index in [1.54, 1.807) is 0 Å². The van der Waals surface area contributed by atoms with Crippen molar-refractivity contribution in [3.05, 3.63) is 30.1 Å². The van der Waals surface area contributed by atoms with Crippen molar-refractivity contribution in [1.82, 2.24) is 14.5 Å². The molecule has 0 amide bonds. The van der Waals surface area contributed by atoms with E-state index in [4.69, 9.17) is 5.73 Å². The van der Waals surface area contributed by atoms with Gasteiger partial charge in [0.2, 0.25) is 0 Å². The first-order valence-electron chi connectivity index (χ1n) is 6.17. The largest absolute Gasteiger partial charge is 0.334 e. The maximum atomic E-state index is 6.29. The van der Waals surface area contributed by atoms with Gasteiger partial charge in [0.15, 0.2) is 0 Å². The lowest BCUT2D eigenvalue weighted by Gasteiger charge is -2.36. The Morgan fingerprint density at radius 1 is 1.33 bits per heavy atom. The topological polar surface area (TPSA) is 47.1 Å². The summed E-state index contributed by atoms with van der Waals surface area (Å²) < 4.78 is 2.03. The van der Waals surface area contributed by atoms with Crippen LogP contribution in [-0.4, -0.2) is 34.1 Å². The molecule has 2 rings (SSSR count). The summed E-state index contributed by atoms with van der Waals surface area (Å²) in [6.45, 7) is 4.11. The number of fused-ring (bicyclic) bond motifs is 1. The van der Waals surface area contributed by atoms with Crippen molar-refractivity contribution in [2.45, 2.75) is 25.4 Å². The summed E-state index contributed by atoms with van der Waals surface area (Å²) in [4.78, 5) is 6.56. The number of nitrogens with zero attached hydrogens (tertiary/aromatic N) is 3. The summed E-state index contributed by atoms with van der Waals surface area (Å²) in [7, 11) is 6.12. The molecule has 98 valence electrons. The lowest BCUT2D eigenvalue weighted by atomic mass is 9.88. The Bertz CT molecular complexity index is 548. The Kier molecular flexibility index (Phi) is 3.17. The number of hydrogen-bond donors (Lipinski definition) is 1. The Labute approximate surface area is 108 Å². The predicted octanol–water partition coefficient (Wildman–Crippen LogP) is 1.91. The average Bonchev–Trinajstić information content (AvgIpc) is 2.57. The van der Waals surface area contributed by atoms with Crippen LogP contribution in [0.25, 0.3) is 11.0 Å². The third-order valence-electron chi connectivity index (χ3n) is 3.29. The fourth-order valence-corrected chi connectivity index (χ4v) is 2.72. The van der Waals surface area contributed by atoms with Gasteiger partial charge in [0, 0.05) is 12.6 Å². The molecule has 18 heavy (non-hydrogen) atoms. The molecule has 1 atom stereocenters. The van der Waals surface area contributed by atoms with E-state index in [2.05, 4.69) is 56.0 Å². The monoisotopic (exact) mass is 246 g/mol. The van der Waals surface area contributed by atoms with E-state index in [1.807, 2.05) is 17.9 Å². The molecule has 0 bridgehead atoms. The zero-order valence-electron chi connectivity index (χ0n) is 11.8. The summed E-state index contributed by atoms with van der Waals surface area (Å²) >= 11 is 0. The lowest BCUT2D eigenvalue weighted by Crippen LogP contribution is -2.45. The van der Waals surface area contributed by atoms with Gasteiger partial charge in [-0.25, -0.2) is 4.98 Å². The molecule has 4 heteroatoms. The van der Waals surface area contributed by atoms with Crippen LogP contribution in [0.2, 0.25) is 0 Å². The summed E-state index contributed by atoms with van der Waals surface area (Å²) in [5.74, 6) is 0. The molecule has 1 aromatic heterocycles. The second-order valence-corrected chi connectivity index (χ2v) is 5.79. The SMILES string of the molecule is CN(C)C(c1ccc2c(c1)ncn2C)C(C)(C)N. The smallest absolute Gasteiger partial charge is 0.0955 e. The number of rotatable bonds is 3. The van der Waals surface area contributed by atoms with Crippen molar-refractivity contribution in [1.29, 1.82) is 0 Å². The summed E-state index contributed by atoms with van der Waals surface area (Å²) in [6.07, 6.45) is 1.84. The highest BCUT2D eigenvalue weighted by atomic mass is 15.1. The van der Waals surface area contributed by atoms with Crippen LogP contribution in [0.15, 0.2) is 24.5 Å². The van der Waals surface area contributed by atoms with Crippen LogP contribution in [-0.2, 0) is 7.05 Å². The third kappa shape index (κ3) is 2.26. The number of imidazole rings is 1. The maximum absolute atomic E-state index is 6.29. The van der Waals surface area contributed by atoms with Crippen molar-refractivity contribution in [2.24, 2.45) is 12.8 Å². The van der Waals surface area contributed by atoms with Gasteiger partial charge in [0.05, 0.1) is 23.4 Å². The van der Waals surface area contributed by atoms with Crippen LogP contribution >= 0.6 is 0 Å². The fraction of sp³-hybridized carbons (Fsp3) is 0.500. The first kappa shape index (κ1) is 13.1. The second-order valence-electron chi connectivity index (χ2n) is 5.79. The maximum Gasteiger partial charge on any atom is 0.0955 e.